The van der Waals surface area contributed by atoms with Crippen molar-refractivity contribution in [1.82, 2.24) is 0 Å². The van der Waals surface area contributed by atoms with Crippen molar-refractivity contribution in [2.75, 3.05) is 17.2 Å². The molecule has 0 bridgehead atoms. The number of nitrogens with zero attached hydrogens (tertiary/aromatic N) is 2. The molecule has 8 heteroatoms. The first-order chi connectivity index (χ1) is 8.40. The summed E-state index contributed by atoms with van der Waals surface area (Å²) in [5.74, 6) is -0.167. The molecule has 18 heavy (non-hydrogen) atoms. The number of amides is 1. The molecule has 1 aliphatic heterocycles. The smallest absolute Gasteiger partial charge is 0.290 e. The van der Waals surface area contributed by atoms with E-state index in [1.807, 2.05) is 0 Å². The number of anilines is 2. The number of hydrogen-bond acceptors (Lipinski definition) is 5. The SMILES string of the molecule is Nc1cc([N+](=O)[O-])c(Cl)cc1N1CC(N)CC1=O. The lowest BCUT2D eigenvalue weighted by molar-refractivity contribution is -0.384. The van der Waals surface area contributed by atoms with Crippen LogP contribution in [0.3, 0.4) is 0 Å². The van der Waals surface area contributed by atoms with Crippen LogP contribution in [0, 0.1) is 10.1 Å². The Hall–Kier alpha value is -1.86. The highest BCUT2D eigenvalue weighted by Gasteiger charge is 2.30. The number of nitrogen functional groups attached to an aromatic ring is 1. The largest absolute Gasteiger partial charge is 0.397 e. The molecule has 1 aliphatic rings. The molecular weight excluding hydrogens is 260 g/mol. The number of carbonyl (C=O) groups excluding carboxylic acids is 1. The van der Waals surface area contributed by atoms with Gasteiger partial charge in [-0.2, -0.15) is 0 Å². The van der Waals surface area contributed by atoms with Gasteiger partial charge in [0.1, 0.15) is 5.02 Å². The quantitative estimate of drug-likeness (QED) is 0.470. The Bertz CT molecular complexity index is 534. The molecule has 2 rings (SSSR count). The predicted molar refractivity (Wildman–Crippen MR) is 67.5 cm³/mol. The van der Waals surface area contributed by atoms with Crippen molar-refractivity contribution >= 4 is 34.6 Å². The Kier molecular flexibility index (Phi) is 3.10. The number of hydrogen-bond donors (Lipinski definition) is 2. The summed E-state index contributed by atoms with van der Waals surface area (Å²) in [6.45, 7) is 0.331. The fraction of sp³-hybridized carbons (Fsp3) is 0.300. The Morgan fingerprint density at radius 1 is 1.50 bits per heavy atom. The molecule has 96 valence electrons. The van der Waals surface area contributed by atoms with Crippen molar-refractivity contribution in [3.8, 4) is 0 Å². The third-order valence-electron chi connectivity index (χ3n) is 2.74. The first-order valence-corrected chi connectivity index (χ1v) is 5.57. The van der Waals surface area contributed by atoms with E-state index in [4.69, 9.17) is 23.1 Å². The van der Waals surface area contributed by atoms with Crippen molar-refractivity contribution < 1.29 is 9.72 Å². The molecular formula is C10H11ClN4O3. The maximum atomic E-state index is 11.7. The van der Waals surface area contributed by atoms with Crippen LogP contribution in [0.2, 0.25) is 5.02 Å². The van der Waals surface area contributed by atoms with E-state index in [1.54, 1.807) is 0 Å². The van der Waals surface area contributed by atoms with E-state index in [0.717, 1.165) is 6.07 Å². The Morgan fingerprint density at radius 3 is 2.67 bits per heavy atom. The maximum Gasteiger partial charge on any atom is 0.290 e. The van der Waals surface area contributed by atoms with E-state index in [-0.39, 0.29) is 34.8 Å². The van der Waals surface area contributed by atoms with Gasteiger partial charge in [-0.15, -0.1) is 0 Å². The zero-order valence-electron chi connectivity index (χ0n) is 9.30. The molecule has 0 radical (unpaired) electrons. The molecule has 0 aromatic heterocycles. The van der Waals surface area contributed by atoms with Crippen molar-refractivity contribution in [3.63, 3.8) is 0 Å². The summed E-state index contributed by atoms with van der Waals surface area (Å²) in [5.41, 5.74) is 11.6. The fourth-order valence-electron chi connectivity index (χ4n) is 1.91. The van der Waals surface area contributed by atoms with Gasteiger partial charge in [-0.1, -0.05) is 11.6 Å². The number of nitro benzene ring substituents is 1. The van der Waals surface area contributed by atoms with Crippen LogP contribution in [0.15, 0.2) is 12.1 Å². The lowest BCUT2D eigenvalue weighted by Gasteiger charge is -2.18. The van der Waals surface area contributed by atoms with Crippen LogP contribution in [0.5, 0.6) is 0 Å². The van der Waals surface area contributed by atoms with Gasteiger partial charge in [-0.25, -0.2) is 0 Å². The highest BCUT2D eigenvalue weighted by Crippen LogP contribution is 2.36. The summed E-state index contributed by atoms with van der Waals surface area (Å²) in [7, 11) is 0. The lowest BCUT2D eigenvalue weighted by Crippen LogP contribution is -2.28. The maximum absolute atomic E-state index is 11.7. The number of nitro groups is 1. The van der Waals surface area contributed by atoms with Gasteiger partial charge in [-0.3, -0.25) is 14.9 Å². The first-order valence-electron chi connectivity index (χ1n) is 5.19. The topological polar surface area (TPSA) is 115 Å². The average molecular weight is 271 g/mol. The standard InChI is InChI=1S/C10H11ClN4O3/c11-6-2-9(7(13)3-8(6)15(17)18)14-4-5(12)1-10(14)16/h2-3,5H,1,4,12-13H2. The average Bonchev–Trinajstić information content (AvgIpc) is 2.60. The lowest BCUT2D eigenvalue weighted by atomic mass is 10.2. The molecule has 4 N–H and O–H groups in total. The highest BCUT2D eigenvalue weighted by molar-refractivity contribution is 6.33. The van der Waals surface area contributed by atoms with Crippen LogP contribution in [-0.4, -0.2) is 23.4 Å². The molecule has 7 nitrogen and oxygen atoms in total. The zero-order chi connectivity index (χ0) is 13.4. The molecule has 0 spiro atoms. The van der Waals surface area contributed by atoms with Crippen LogP contribution in [0.4, 0.5) is 17.1 Å². The minimum absolute atomic E-state index is 0.0579. The second kappa shape index (κ2) is 4.43. The number of halogens is 1. The van der Waals surface area contributed by atoms with Crippen molar-refractivity contribution in [2.24, 2.45) is 5.73 Å². The third-order valence-corrected chi connectivity index (χ3v) is 3.04. The first kappa shape index (κ1) is 12.6. The van der Waals surface area contributed by atoms with Crippen LogP contribution in [0.25, 0.3) is 0 Å². The second-order valence-electron chi connectivity index (χ2n) is 4.09. The molecule has 0 saturated carbocycles. The molecule has 1 atom stereocenters. The summed E-state index contributed by atoms with van der Waals surface area (Å²) in [6.07, 6.45) is 0.230. The molecule has 1 fully saturated rings. The molecule has 1 saturated heterocycles. The normalized spacial score (nSPS) is 19.3. The number of benzene rings is 1. The van der Waals surface area contributed by atoms with Crippen molar-refractivity contribution in [2.45, 2.75) is 12.5 Å². The van der Waals surface area contributed by atoms with E-state index >= 15 is 0 Å². The predicted octanol–water partition coefficient (Wildman–Crippen LogP) is 0.894. The minimum Gasteiger partial charge on any atom is -0.397 e. The van der Waals surface area contributed by atoms with Crippen LogP contribution >= 0.6 is 11.6 Å². The molecule has 1 aromatic carbocycles. The van der Waals surface area contributed by atoms with Crippen LogP contribution < -0.4 is 16.4 Å². The van der Waals surface area contributed by atoms with Crippen LogP contribution in [0.1, 0.15) is 6.42 Å². The summed E-state index contributed by atoms with van der Waals surface area (Å²) < 4.78 is 0. The van der Waals surface area contributed by atoms with Gasteiger partial charge in [0.25, 0.3) is 5.69 Å². The zero-order valence-corrected chi connectivity index (χ0v) is 10.1. The second-order valence-corrected chi connectivity index (χ2v) is 4.50. The van der Waals surface area contributed by atoms with Crippen molar-refractivity contribution in [1.29, 1.82) is 0 Å². The summed E-state index contributed by atoms with van der Waals surface area (Å²) in [4.78, 5) is 23.1. The fourth-order valence-corrected chi connectivity index (χ4v) is 2.14. The minimum atomic E-state index is -0.625. The summed E-state index contributed by atoms with van der Waals surface area (Å²) >= 11 is 5.79. The summed E-state index contributed by atoms with van der Waals surface area (Å²) in [5, 5.41) is 10.6. The van der Waals surface area contributed by atoms with Gasteiger partial charge in [0.05, 0.1) is 16.3 Å². The highest BCUT2D eigenvalue weighted by atomic mass is 35.5. The molecule has 0 aliphatic carbocycles. The van der Waals surface area contributed by atoms with Gasteiger partial charge in [-0.05, 0) is 6.07 Å². The Labute approximate surface area is 107 Å². The number of rotatable bonds is 2. The van der Waals surface area contributed by atoms with Crippen LogP contribution in [-0.2, 0) is 4.79 Å². The van der Waals surface area contributed by atoms with E-state index in [0.29, 0.717) is 12.2 Å². The Morgan fingerprint density at radius 2 is 2.17 bits per heavy atom. The van der Waals surface area contributed by atoms with E-state index < -0.39 is 4.92 Å². The number of nitrogens with two attached hydrogens (primary N) is 2. The van der Waals surface area contributed by atoms with Gasteiger partial charge < -0.3 is 16.4 Å². The van der Waals surface area contributed by atoms with Gasteiger partial charge in [0.2, 0.25) is 5.91 Å². The Balaban J connectivity index is 2.44. The van der Waals surface area contributed by atoms with E-state index in [1.165, 1.54) is 11.0 Å². The van der Waals surface area contributed by atoms with Gasteiger partial charge >= 0.3 is 0 Å². The van der Waals surface area contributed by atoms with Gasteiger partial charge in [0.15, 0.2) is 0 Å². The summed E-state index contributed by atoms with van der Waals surface area (Å²) in [6, 6.07) is 2.21. The molecule has 1 unspecified atom stereocenters. The number of carbonyl (C=O) groups is 1. The molecule has 1 aromatic rings. The molecule has 1 heterocycles. The van der Waals surface area contributed by atoms with E-state index in [2.05, 4.69) is 0 Å². The van der Waals surface area contributed by atoms with Crippen molar-refractivity contribution in [3.05, 3.63) is 27.3 Å². The monoisotopic (exact) mass is 270 g/mol. The third kappa shape index (κ3) is 2.09. The molecule has 1 amide bonds. The van der Waals surface area contributed by atoms with E-state index in [9.17, 15) is 14.9 Å². The van der Waals surface area contributed by atoms with Gasteiger partial charge in [0, 0.05) is 25.1 Å².